The Labute approximate surface area is 118 Å². The van der Waals surface area contributed by atoms with E-state index in [1.165, 1.54) is 89.9 Å². The molecule has 2 aliphatic carbocycles. The van der Waals surface area contributed by atoms with Crippen LogP contribution in [-0.2, 0) is 0 Å². The number of nitrogens with zero attached hydrogens (tertiary/aromatic N) is 2. The van der Waals surface area contributed by atoms with Gasteiger partial charge in [0.1, 0.15) is 0 Å². The highest BCUT2D eigenvalue weighted by Gasteiger charge is 2.38. The summed E-state index contributed by atoms with van der Waals surface area (Å²) < 4.78 is 0. The summed E-state index contributed by atoms with van der Waals surface area (Å²) in [6, 6.07) is 0. The molecule has 0 aromatic carbocycles. The smallest absolute Gasteiger partial charge is 0.0865 e. The Hall–Kier alpha value is -0.600. The topological polar surface area (TPSA) is 50.7 Å². The van der Waals surface area contributed by atoms with Crippen molar-refractivity contribution in [2.75, 3.05) is 0 Å². The Bertz CT molecular complexity index is 259. The van der Waals surface area contributed by atoms with E-state index in [1.54, 1.807) is 0 Å². The third kappa shape index (κ3) is 4.19. The molecule has 2 saturated carbocycles. The lowest BCUT2D eigenvalue weighted by Crippen LogP contribution is -2.37. The maximum Gasteiger partial charge on any atom is 0.0865 e. The van der Waals surface area contributed by atoms with Crippen LogP contribution in [0.5, 0.6) is 0 Å². The van der Waals surface area contributed by atoms with Crippen LogP contribution < -0.4 is 5.84 Å². The highest BCUT2D eigenvalue weighted by Crippen LogP contribution is 2.42. The second-order valence-corrected chi connectivity index (χ2v) is 6.63. The van der Waals surface area contributed by atoms with Gasteiger partial charge in [-0.1, -0.05) is 69.4 Å². The van der Waals surface area contributed by atoms with Crippen molar-refractivity contribution in [1.82, 2.24) is 0 Å². The minimum atomic E-state index is 0.0898. The van der Waals surface area contributed by atoms with E-state index in [2.05, 4.69) is 10.3 Å². The summed E-state index contributed by atoms with van der Waals surface area (Å²) in [5, 5.41) is 8.37. The molecule has 110 valence electrons. The number of hydrogen-bond donors (Lipinski definition) is 1. The van der Waals surface area contributed by atoms with Crippen LogP contribution in [0.15, 0.2) is 10.3 Å². The first-order valence-corrected chi connectivity index (χ1v) is 8.49. The van der Waals surface area contributed by atoms with Crippen LogP contribution in [-0.4, -0.2) is 5.54 Å². The average molecular weight is 265 g/mol. The van der Waals surface area contributed by atoms with Crippen LogP contribution in [0.1, 0.15) is 89.9 Å². The first kappa shape index (κ1) is 14.8. The standard InChI is InChI=1S/C16H31N3/c17-19-18-16(13-9-5-2-6-10-14-16)15-11-7-3-1-4-8-12-15/h15H,1-14H2,(H2,17,18). The Balaban J connectivity index is 2.09. The summed E-state index contributed by atoms with van der Waals surface area (Å²) >= 11 is 0. The highest BCUT2D eigenvalue weighted by atomic mass is 15.3. The molecule has 0 heterocycles. The van der Waals surface area contributed by atoms with E-state index in [-0.39, 0.29) is 5.54 Å². The predicted molar refractivity (Wildman–Crippen MR) is 79.9 cm³/mol. The molecule has 2 aliphatic rings. The Morgan fingerprint density at radius 2 is 1.16 bits per heavy atom. The summed E-state index contributed by atoms with van der Waals surface area (Å²) in [6.45, 7) is 0. The van der Waals surface area contributed by atoms with Gasteiger partial charge < -0.3 is 5.84 Å². The van der Waals surface area contributed by atoms with E-state index in [0.29, 0.717) is 0 Å². The van der Waals surface area contributed by atoms with Crippen molar-refractivity contribution in [3.63, 3.8) is 0 Å². The van der Waals surface area contributed by atoms with Gasteiger partial charge in [-0.05, 0) is 31.6 Å². The molecule has 2 rings (SSSR count). The lowest BCUT2D eigenvalue weighted by Gasteiger charge is -2.38. The second-order valence-electron chi connectivity index (χ2n) is 6.63. The molecule has 0 aromatic heterocycles. The fourth-order valence-corrected chi connectivity index (χ4v) is 4.22. The first-order valence-electron chi connectivity index (χ1n) is 8.49. The maximum atomic E-state index is 5.47. The third-order valence-electron chi connectivity index (χ3n) is 5.34. The molecule has 0 bridgehead atoms. The molecule has 19 heavy (non-hydrogen) atoms. The highest BCUT2D eigenvalue weighted by molar-refractivity contribution is 4.94. The SMILES string of the molecule is N/N=N/C1(C2CCCCCCC2)CCCCCCC1. The summed E-state index contributed by atoms with van der Waals surface area (Å²) in [5.74, 6) is 6.20. The molecular formula is C16H31N3. The molecule has 0 atom stereocenters. The minimum absolute atomic E-state index is 0.0898. The zero-order valence-corrected chi connectivity index (χ0v) is 12.4. The lowest BCUT2D eigenvalue weighted by molar-refractivity contribution is 0.170. The number of hydrogen-bond acceptors (Lipinski definition) is 2. The molecule has 2 fully saturated rings. The second kappa shape index (κ2) is 7.86. The van der Waals surface area contributed by atoms with Crippen molar-refractivity contribution < 1.29 is 0 Å². The zero-order chi connectivity index (χ0) is 13.4. The van der Waals surface area contributed by atoms with Gasteiger partial charge in [-0.3, -0.25) is 0 Å². The van der Waals surface area contributed by atoms with Crippen LogP contribution in [0.3, 0.4) is 0 Å². The molecule has 0 unspecified atom stereocenters. The van der Waals surface area contributed by atoms with E-state index in [4.69, 9.17) is 5.84 Å². The van der Waals surface area contributed by atoms with Crippen molar-refractivity contribution in [3.8, 4) is 0 Å². The monoisotopic (exact) mass is 265 g/mol. The van der Waals surface area contributed by atoms with E-state index in [0.717, 1.165) is 5.92 Å². The molecule has 0 saturated heterocycles. The molecule has 0 radical (unpaired) electrons. The van der Waals surface area contributed by atoms with E-state index in [9.17, 15) is 0 Å². The summed E-state index contributed by atoms with van der Waals surface area (Å²) in [5.41, 5.74) is 0.0898. The number of nitrogens with two attached hydrogens (primary N) is 1. The van der Waals surface area contributed by atoms with Crippen LogP contribution in [0, 0.1) is 5.92 Å². The van der Waals surface area contributed by atoms with Gasteiger partial charge in [0.2, 0.25) is 0 Å². The molecule has 3 heteroatoms. The molecule has 0 spiro atoms. The van der Waals surface area contributed by atoms with Gasteiger partial charge in [-0.15, -0.1) is 0 Å². The van der Waals surface area contributed by atoms with Crippen molar-refractivity contribution in [1.29, 1.82) is 0 Å². The van der Waals surface area contributed by atoms with Crippen LogP contribution in [0.4, 0.5) is 0 Å². The average Bonchev–Trinajstić information content (AvgIpc) is 2.33. The number of rotatable bonds is 2. The summed E-state index contributed by atoms with van der Waals surface area (Å²) in [6.07, 6.45) is 18.9. The van der Waals surface area contributed by atoms with Gasteiger partial charge in [-0.2, -0.15) is 5.11 Å². The van der Waals surface area contributed by atoms with Crippen LogP contribution in [0.2, 0.25) is 0 Å². The van der Waals surface area contributed by atoms with Gasteiger partial charge in [0, 0.05) is 0 Å². The van der Waals surface area contributed by atoms with E-state index >= 15 is 0 Å². The van der Waals surface area contributed by atoms with Crippen molar-refractivity contribution in [3.05, 3.63) is 0 Å². The molecule has 0 amide bonds. The first-order chi connectivity index (χ1) is 9.37. The van der Waals surface area contributed by atoms with Gasteiger partial charge in [0.15, 0.2) is 0 Å². The van der Waals surface area contributed by atoms with Gasteiger partial charge in [-0.25, -0.2) is 0 Å². The van der Waals surface area contributed by atoms with Crippen molar-refractivity contribution in [2.24, 2.45) is 22.1 Å². The molecule has 3 nitrogen and oxygen atoms in total. The quantitative estimate of drug-likeness (QED) is 0.418. The summed E-state index contributed by atoms with van der Waals surface area (Å²) in [7, 11) is 0. The van der Waals surface area contributed by atoms with Gasteiger partial charge in [0.25, 0.3) is 0 Å². The van der Waals surface area contributed by atoms with Crippen molar-refractivity contribution in [2.45, 2.75) is 95.4 Å². The molecule has 0 aromatic rings. The Kier molecular flexibility index (Phi) is 6.12. The molecule has 2 N–H and O–H groups in total. The fraction of sp³-hybridized carbons (Fsp3) is 1.00. The predicted octanol–water partition coefficient (Wildman–Crippen LogP) is 5.16. The van der Waals surface area contributed by atoms with E-state index < -0.39 is 0 Å². The maximum absolute atomic E-state index is 5.47. The fourth-order valence-electron chi connectivity index (χ4n) is 4.22. The minimum Gasteiger partial charge on any atom is -0.305 e. The zero-order valence-electron chi connectivity index (χ0n) is 12.4. The lowest BCUT2D eigenvalue weighted by atomic mass is 9.70. The Morgan fingerprint density at radius 1 is 0.684 bits per heavy atom. The largest absolute Gasteiger partial charge is 0.305 e. The third-order valence-corrected chi connectivity index (χ3v) is 5.34. The van der Waals surface area contributed by atoms with E-state index in [1.807, 2.05) is 0 Å². The van der Waals surface area contributed by atoms with Crippen molar-refractivity contribution >= 4 is 0 Å². The summed E-state index contributed by atoms with van der Waals surface area (Å²) in [4.78, 5) is 0. The van der Waals surface area contributed by atoms with Crippen LogP contribution in [0.25, 0.3) is 0 Å². The molecule has 0 aliphatic heterocycles. The van der Waals surface area contributed by atoms with Gasteiger partial charge in [0.05, 0.1) is 5.54 Å². The normalized spacial score (nSPS) is 27.4. The Morgan fingerprint density at radius 3 is 1.68 bits per heavy atom. The molecular weight excluding hydrogens is 234 g/mol. The van der Waals surface area contributed by atoms with Gasteiger partial charge >= 0.3 is 0 Å². The van der Waals surface area contributed by atoms with Crippen LogP contribution >= 0.6 is 0 Å².